The molecule has 10 heteroatoms. The Morgan fingerprint density at radius 1 is 1.26 bits per heavy atom. The van der Waals surface area contributed by atoms with E-state index in [1.54, 1.807) is 13.1 Å². The molecule has 4 rings (SSSR count). The topological polar surface area (TPSA) is 119 Å². The van der Waals surface area contributed by atoms with Crippen molar-refractivity contribution in [1.29, 1.82) is 10.5 Å². The zero-order chi connectivity index (χ0) is 24.9. The smallest absolute Gasteiger partial charge is 0.270 e. The minimum Gasteiger partial charge on any atom is -0.360 e. The average Bonchev–Trinajstić information content (AvgIpc) is 3.42. The first kappa shape index (κ1) is 24.3. The maximum atomic E-state index is 12.9. The third kappa shape index (κ3) is 4.99. The van der Waals surface area contributed by atoms with Crippen LogP contribution >= 0.6 is 11.3 Å². The fourth-order valence-electron chi connectivity index (χ4n) is 4.38. The van der Waals surface area contributed by atoms with Gasteiger partial charge in [0.2, 0.25) is 0 Å². The summed E-state index contributed by atoms with van der Waals surface area (Å²) in [4.78, 5) is 27.6. The number of fused-ring (bicyclic) bond motifs is 1. The maximum absolute atomic E-state index is 12.9. The second-order valence-corrected chi connectivity index (χ2v) is 9.50. The Morgan fingerprint density at radius 2 is 2.03 bits per heavy atom. The predicted molar refractivity (Wildman–Crippen MR) is 137 cm³/mol. The largest absolute Gasteiger partial charge is 0.360 e. The van der Waals surface area contributed by atoms with Gasteiger partial charge >= 0.3 is 0 Å². The van der Waals surface area contributed by atoms with E-state index in [2.05, 4.69) is 51.5 Å². The van der Waals surface area contributed by atoms with Crippen molar-refractivity contribution in [1.82, 2.24) is 19.4 Å². The van der Waals surface area contributed by atoms with Crippen molar-refractivity contribution in [2.24, 2.45) is 0 Å². The van der Waals surface area contributed by atoms with Crippen LogP contribution in [0.25, 0.3) is 22.7 Å². The highest BCUT2D eigenvalue weighted by molar-refractivity contribution is 7.07. The zero-order valence-electron chi connectivity index (χ0n) is 19.7. The van der Waals surface area contributed by atoms with Crippen LogP contribution < -0.4 is 25.4 Å². The van der Waals surface area contributed by atoms with Crippen molar-refractivity contribution in [2.45, 2.75) is 32.4 Å². The molecule has 0 radical (unpaired) electrons. The van der Waals surface area contributed by atoms with Crippen molar-refractivity contribution in [3.8, 4) is 12.1 Å². The third-order valence-corrected chi connectivity index (χ3v) is 7.41. The molecule has 0 bridgehead atoms. The molecular weight excluding hydrogens is 462 g/mol. The number of rotatable bonds is 6. The zero-order valence-corrected chi connectivity index (χ0v) is 20.6. The van der Waals surface area contributed by atoms with E-state index < -0.39 is 5.91 Å². The van der Waals surface area contributed by atoms with Crippen LogP contribution in [0.1, 0.15) is 25.8 Å². The molecule has 3 aromatic rings. The van der Waals surface area contributed by atoms with Crippen LogP contribution in [0, 0.1) is 22.7 Å². The number of amides is 1. The molecule has 3 heterocycles. The van der Waals surface area contributed by atoms with Gasteiger partial charge in [-0.1, -0.05) is 6.07 Å². The molecule has 0 saturated carbocycles. The number of hydrogen-bond donors (Lipinski definition) is 2. The highest BCUT2D eigenvalue weighted by atomic mass is 32.1. The summed E-state index contributed by atoms with van der Waals surface area (Å²) >= 11 is 1.08. The lowest BCUT2D eigenvalue weighted by atomic mass is 10.1. The molecule has 1 aromatic carbocycles. The molecular formula is C25H27N7O2S. The first-order chi connectivity index (χ1) is 17.0. The van der Waals surface area contributed by atoms with Gasteiger partial charge in [0.25, 0.3) is 11.5 Å². The summed E-state index contributed by atoms with van der Waals surface area (Å²) in [5.74, 6) is -0.669. The van der Waals surface area contributed by atoms with Crippen LogP contribution in [0.3, 0.4) is 0 Å². The average molecular weight is 490 g/mol. The number of likely N-dealkylation sites (tertiary alicyclic amines) is 1. The first-order valence-electron chi connectivity index (χ1n) is 11.5. The second kappa shape index (κ2) is 10.6. The number of anilines is 1. The van der Waals surface area contributed by atoms with Gasteiger partial charge in [-0.05, 0) is 63.5 Å². The monoisotopic (exact) mass is 489 g/mol. The Balaban J connectivity index is 1.68. The highest BCUT2D eigenvalue weighted by Gasteiger charge is 2.19. The third-order valence-electron chi connectivity index (χ3n) is 6.28. The molecule has 2 aromatic heterocycles. The Hall–Kier alpha value is -3.86. The molecule has 35 heavy (non-hydrogen) atoms. The van der Waals surface area contributed by atoms with Gasteiger partial charge in [0.1, 0.15) is 21.8 Å². The summed E-state index contributed by atoms with van der Waals surface area (Å²) in [7, 11) is 2.15. The van der Waals surface area contributed by atoms with Gasteiger partial charge in [-0.25, -0.2) is 0 Å². The summed E-state index contributed by atoms with van der Waals surface area (Å²) in [6.45, 7) is 4.04. The Labute approximate surface area is 206 Å². The van der Waals surface area contributed by atoms with E-state index in [1.807, 2.05) is 18.2 Å². The van der Waals surface area contributed by atoms with E-state index >= 15 is 0 Å². The van der Waals surface area contributed by atoms with Gasteiger partial charge in [0, 0.05) is 30.7 Å². The molecule has 0 aliphatic carbocycles. The fourth-order valence-corrected chi connectivity index (χ4v) is 5.46. The summed E-state index contributed by atoms with van der Waals surface area (Å²) in [5.41, 5.74) is 1.53. The lowest BCUT2D eigenvalue weighted by Gasteiger charge is -2.30. The number of aromatic nitrogens is 2. The van der Waals surface area contributed by atoms with Gasteiger partial charge in [-0.3, -0.25) is 14.2 Å². The van der Waals surface area contributed by atoms with Crippen molar-refractivity contribution in [3.05, 3.63) is 50.0 Å². The molecule has 180 valence electrons. The minimum absolute atomic E-state index is 0.179. The van der Waals surface area contributed by atoms with Crippen molar-refractivity contribution in [3.63, 3.8) is 0 Å². The quantitative estimate of drug-likeness (QED) is 0.504. The van der Waals surface area contributed by atoms with E-state index in [1.165, 1.54) is 4.57 Å². The van der Waals surface area contributed by atoms with E-state index in [4.69, 9.17) is 5.26 Å². The normalized spacial score (nSPS) is 16.1. The molecule has 0 unspecified atom stereocenters. The van der Waals surface area contributed by atoms with Gasteiger partial charge in [-0.2, -0.15) is 10.5 Å². The highest BCUT2D eigenvalue weighted by Crippen LogP contribution is 2.29. The van der Waals surface area contributed by atoms with Crippen LogP contribution in [-0.2, 0) is 11.3 Å². The van der Waals surface area contributed by atoms with Gasteiger partial charge in [0.05, 0.1) is 11.6 Å². The minimum atomic E-state index is -0.669. The van der Waals surface area contributed by atoms with Crippen LogP contribution in [0.15, 0.2) is 35.3 Å². The maximum Gasteiger partial charge on any atom is 0.270 e. The van der Waals surface area contributed by atoms with Crippen LogP contribution in [0.5, 0.6) is 0 Å². The number of benzene rings is 1. The van der Waals surface area contributed by atoms with E-state index in [-0.39, 0.29) is 22.3 Å². The molecule has 1 aliphatic heterocycles. The molecule has 0 spiro atoms. The Bertz CT molecular complexity index is 1510. The summed E-state index contributed by atoms with van der Waals surface area (Å²) in [5, 5.41) is 25.0. The van der Waals surface area contributed by atoms with Gasteiger partial charge in [0.15, 0.2) is 5.57 Å². The molecule has 1 saturated heterocycles. The van der Waals surface area contributed by atoms with Crippen LogP contribution in [-0.4, -0.2) is 46.6 Å². The number of thiazole rings is 1. The van der Waals surface area contributed by atoms with Gasteiger partial charge < -0.3 is 20.1 Å². The van der Waals surface area contributed by atoms with E-state index in [0.717, 1.165) is 53.9 Å². The molecule has 1 aliphatic rings. The molecule has 0 atom stereocenters. The summed E-state index contributed by atoms with van der Waals surface area (Å²) in [6.07, 6.45) is 5.99. The molecule has 1 amide bonds. The number of hydrogen-bond acceptors (Lipinski definition) is 7. The number of piperidine rings is 1. The second-order valence-electron chi connectivity index (χ2n) is 8.47. The number of carbonyl (C=O) groups is 1. The number of nitriles is 2. The first-order valence-corrected chi connectivity index (χ1v) is 12.3. The Kier molecular flexibility index (Phi) is 7.35. The number of carbonyl (C=O) groups excluding carboxylic acids is 1. The Morgan fingerprint density at radius 3 is 2.71 bits per heavy atom. The lowest BCUT2D eigenvalue weighted by Crippen LogP contribution is -2.34. The number of nitrogens with zero attached hydrogens (tertiary/aromatic N) is 5. The SMILES string of the molecule is CCn1c(=O)/c(=C\Nc2ccc3ccn(C4CCN(C)CC4)c3c2)s/c1=C(\C#N)C(=O)NCC#N. The predicted octanol–water partition coefficient (Wildman–Crippen LogP) is 1.32. The summed E-state index contributed by atoms with van der Waals surface area (Å²) < 4.78 is 4.40. The van der Waals surface area contributed by atoms with Crippen LogP contribution in [0.2, 0.25) is 0 Å². The van der Waals surface area contributed by atoms with Crippen molar-refractivity contribution >= 4 is 45.6 Å². The standard InChI is InChI=1S/C25H27N7O2S/c1-3-31-24(34)22(35-25(31)20(15-27)23(33)28-10-9-26)16-29-18-5-4-17-6-13-32(21(17)14-18)19-7-11-30(2)12-8-19/h4-6,13-14,16,19,29H,3,7-8,10-12H2,1-2H3,(H,28,33)/b22-16+,25-20+. The molecule has 1 fully saturated rings. The van der Waals surface area contributed by atoms with Gasteiger partial charge in [-0.15, -0.1) is 11.3 Å². The van der Waals surface area contributed by atoms with E-state index in [9.17, 15) is 14.9 Å². The van der Waals surface area contributed by atoms with Crippen LogP contribution in [0.4, 0.5) is 5.69 Å². The van der Waals surface area contributed by atoms with Crippen molar-refractivity contribution in [2.75, 3.05) is 32.0 Å². The molecule has 9 nitrogen and oxygen atoms in total. The molecule has 2 N–H and O–H groups in total. The summed E-state index contributed by atoms with van der Waals surface area (Å²) in [6, 6.07) is 12.4. The van der Waals surface area contributed by atoms with E-state index in [0.29, 0.717) is 17.1 Å². The fraction of sp³-hybridized carbons (Fsp3) is 0.360. The lowest BCUT2D eigenvalue weighted by molar-refractivity contribution is -0.115. The number of nitrogens with one attached hydrogen (secondary N) is 2. The van der Waals surface area contributed by atoms with Crippen molar-refractivity contribution < 1.29 is 4.79 Å².